The highest BCUT2D eigenvalue weighted by Crippen LogP contribution is 2.07. The van der Waals surface area contributed by atoms with Gasteiger partial charge in [0, 0.05) is 0 Å². The predicted molar refractivity (Wildman–Crippen MR) is 43.9 cm³/mol. The lowest BCUT2D eigenvalue weighted by molar-refractivity contribution is -0.104. The topological polar surface area (TPSA) is 17.1 Å². The van der Waals surface area contributed by atoms with Gasteiger partial charge in [0.1, 0.15) is 6.29 Å². The summed E-state index contributed by atoms with van der Waals surface area (Å²) in [5.74, 6) is 0. The molecule has 0 spiro atoms. The summed E-state index contributed by atoms with van der Waals surface area (Å²) in [6.45, 7) is 6.03. The van der Waals surface area contributed by atoms with Gasteiger partial charge in [0.25, 0.3) is 0 Å². The molecule has 0 saturated heterocycles. The van der Waals surface area contributed by atoms with Crippen LogP contribution in [0.25, 0.3) is 0 Å². The number of hydrogen-bond donors (Lipinski definition) is 0. The first kappa shape index (κ1) is 9.15. The van der Waals surface area contributed by atoms with Crippen molar-refractivity contribution in [1.29, 1.82) is 0 Å². The zero-order chi connectivity index (χ0) is 7.98. The first-order valence-corrected chi connectivity index (χ1v) is 3.51. The van der Waals surface area contributed by atoms with Crippen molar-refractivity contribution in [3.8, 4) is 0 Å². The maximum Gasteiger partial charge on any atom is 0.143 e. The van der Waals surface area contributed by atoms with Gasteiger partial charge in [-0.2, -0.15) is 0 Å². The quantitative estimate of drug-likeness (QED) is 0.332. The molecule has 0 radical (unpaired) electrons. The first-order valence-electron chi connectivity index (χ1n) is 3.51. The van der Waals surface area contributed by atoms with Gasteiger partial charge in [0.05, 0.1) is 0 Å². The smallest absolute Gasteiger partial charge is 0.143 e. The van der Waals surface area contributed by atoms with E-state index in [0.29, 0.717) is 0 Å². The van der Waals surface area contributed by atoms with Crippen LogP contribution in [0.1, 0.15) is 27.2 Å². The van der Waals surface area contributed by atoms with Gasteiger partial charge in [0.15, 0.2) is 0 Å². The van der Waals surface area contributed by atoms with Crippen LogP contribution in [-0.4, -0.2) is 6.29 Å². The summed E-state index contributed by atoms with van der Waals surface area (Å²) in [5, 5.41) is 0. The Morgan fingerprint density at radius 1 is 1.30 bits per heavy atom. The maximum absolute atomic E-state index is 10.0. The van der Waals surface area contributed by atoms with E-state index >= 15 is 0 Å². The van der Waals surface area contributed by atoms with Gasteiger partial charge < -0.3 is 0 Å². The summed E-state index contributed by atoms with van der Waals surface area (Å²) >= 11 is 0. The van der Waals surface area contributed by atoms with Gasteiger partial charge in [-0.05, 0) is 31.9 Å². The van der Waals surface area contributed by atoms with Crippen LogP contribution < -0.4 is 0 Å². The van der Waals surface area contributed by atoms with E-state index in [0.717, 1.165) is 18.3 Å². The van der Waals surface area contributed by atoms with Gasteiger partial charge in [-0.25, -0.2) is 0 Å². The van der Waals surface area contributed by atoms with Crippen molar-refractivity contribution in [1.82, 2.24) is 0 Å². The van der Waals surface area contributed by atoms with Crippen LogP contribution in [0.5, 0.6) is 0 Å². The molecule has 0 bridgehead atoms. The number of carbonyl (C=O) groups is 1. The molecule has 10 heavy (non-hydrogen) atoms. The Morgan fingerprint density at radius 2 is 1.90 bits per heavy atom. The van der Waals surface area contributed by atoms with E-state index in [1.165, 1.54) is 5.57 Å². The fourth-order valence-corrected chi connectivity index (χ4v) is 0.701. The molecule has 0 unspecified atom stereocenters. The van der Waals surface area contributed by atoms with Crippen LogP contribution in [0.2, 0.25) is 0 Å². The second-order valence-electron chi connectivity index (χ2n) is 2.28. The minimum atomic E-state index is 0.822. The third-order valence-electron chi connectivity index (χ3n) is 1.45. The molecule has 0 atom stereocenters. The molecule has 0 amide bonds. The third-order valence-corrected chi connectivity index (χ3v) is 1.45. The highest BCUT2D eigenvalue weighted by molar-refractivity contribution is 5.67. The van der Waals surface area contributed by atoms with Crippen molar-refractivity contribution in [2.24, 2.45) is 0 Å². The Kier molecular flexibility index (Phi) is 4.55. The van der Waals surface area contributed by atoms with E-state index < -0.39 is 0 Å². The zero-order valence-corrected chi connectivity index (χ0v) is 6.85. The molecule has 0 aromatic carbocycles. The number of hydrogen-bond acceptors (Lipinski definition) is 1. The molecule has 0 aliphatic carbocycles. The molecule has 56 valence electrons. The van der Waals surface area contributed by atoms with Crippen LogP contribution in [0, 0.1) is 0 Å². The largest absolute Gasteiger partial charge is 0.299 e. The second-order valence-corrected chi connectivity index (χ2v) is 2.28. The van der Waals surface area contributed by atoms with Gasteiger partial charge in [-0.1, -0.05) is 18.6 Å². The van der Waals surface area contributed by atoms with Crippen LogP contribution in [0.15, 0.2) is 23.3 Å². The normalized spacial score (nSPS) is 13.5. The molecule has 0 rings (SSSR count). The lowest BCUT2D eigenvalue weighted by atomic mass is 10.1. The maximum atomic E-state index is 10.0. The lowest BCUT2D eigenvalue weighted by Crippen LogP contribution is -1.79. The molecule has 0 heterocycles. The molecule has 0 N–H and O–H groups in total. The molecular formula is C9H14O. The van der Waals surface area contributed by atoms with Crippen molar-refractivity contribution >= 4 is 6.29 Å². The SMILES string of the molecule is CC/C=C(C)/C(C)=C/C=O. The van der Waals surface area contributed by atoms with Crippen LogP contribution in [0.3, 0.4) is 0 Å². The summed E-state index contributed by atoms with van der Waals surface area (Å²) in [6.07, 6.45) is 5.54. The van der Waals surface area contributed by atoms with Gasteiger partial charge >= 0.3 is 0 Å². The van der Waals surface area contributed by atoms with Crippen molar-refractivity contribution in [3.05, 3.63) is 23.3 Å². The fraction of sp³-hybridized carbons (Fsp3) is 0.444. The number of rotatable bonds is 3. The third kappa shape index (κ3) is 3.23. The predicted octanol–water partition coefficient (Wildman–Crippen LogP) is 2.49. The average molecular weight is 138 g/mol. The molecule has 0 aromatic rings. The van der Waals surface area contributed by atoms with Crippen LogP contribution in [-0.2, 0) is 4.79 Å². The Bertz CT molecular complexity index is 164. The summed E-state index contributed by atoms with van der Waals surface area (Å²) in [6, 6.07) is 0. The molecule has 1 nitrogen and oxygen atoms in total. The molecule has 0 aliphatic heterocycles. The summed E-state index contributed by atoms with van der Waals surface area (Å²) < 4.78 is 0. The Morgan fingerprint density at radius 3 is 2.30 bits per heavy atom. The van der Waals surface area contributed by atoms with Crippen molar-refractivity contribution in [2.75, 3.05) is 0 Å². The molecule has 1 heteroatoms. The second kappa shape index (κ2) is 4.98. The van der Waals surface area contributed by atoms with Crippen molar-refractivity contribution in [3.63, 3.8) is 0 Å². The molecule has 0 saturated carbocycles. The molecule has 0 fully saturated rings. The summed E-state index contributed by atoms with van der Waals surface area (Å²) in [5.41, 5.74) is 2.24. The highest BCUT2D eigenvalue weighted by Gasteiger charge is 1.88. The van der Waals surface area contributed by atoms with Gasteiger partial charge in [-0.3, -0.25) is 4.79 Å². The van der Waals surface area contributed by atoms with Crippen molar-refractivity contribution in [2.45, 2.75) is 27.2 Å². The lowest BCUT2D eigenvalue weighted by Gasteiger charge is -1.96. The van der Waals surface area contributed by atoms with E-state index in [-0.39, 0.29) is 0 Å². The summed E-state index contributed by atoms with van der Waals surface area (Å²) in [7, 11) is 0. The average Bonchev–Trinajstić information content (AvgIpc) is 1.89. The Labute approximate surface area is 62.4 Å². The van der Waals surface area contributed by atoms with E-state index in [9.17, 15) is 4.79 Å². The van der Waals surface area contributed by atoms with E-state index in [2.05, 4.69) is 13.0 Å². The Hall–Kier alpha value is -0.850. The number of allylic oxidation sites excluding steroid dienone is 4. The van der Waals surface area contributed by atoms with Crippen molar-refractivity contribution < 1.29 is 4.79 Å². The molecule has 0 aliphatic rings. The number of aldehydes is 1. The van der Waals surface area contributed by atoms with E-state index in [1.54, 1.807) is 6.08 Å². The number of carbonyl (C=O) groups excluding carboxylic acids is 1. The highest BCUT2D eigenvalue weighted by atomic mass is 16.1. The van der Waals surface area contributed by atoms with Gasteiger partial charge in [0.2, 0.25) is 0 Å². The van der Waals surface area contributed by atoms with Crippen LogP contribution >= 0.6 is 0 Å². The standard InChI is InChI=1S/C9H14O/c1-4-5-8(2)9(3)6-7-10/h5-7H,4H2,1-3H3/b8-5+,9-6+. The van der Waals surface area contributed by atoms with E-state index in [4.69, 9.17) is 0 Å². The van der Waals surface area contributed by atoms with Gasteiger partial charge in [-0.15, -0.1) is 0 Å². The Balaban J connectivity index is 4.19. The minimum absolute atomic E-state index is 0.822. The monoisotopic (exact) mass is 138 g/mol. The van der Waals surface area contributed by atoms with Crippen LogP contribution in [0.4, 0.5) is 0 Å². The molecule has 0 aromatic heterocycles. The summed E-state index contributed by atoms with van der Waals surface area (Å²) in [4.78, 5) is 10.0. The first-order chi connectivity index (χ1) is 4.72. The molecular weight excluding hydrogens is 124 g/mol. The van der Waals surface area contributed by atoms with E-state index in [1.807, 2.05) is 13.8 Å². The zero-order valence-electron chi connectivity index (χ0n) is 6.85. The fourth-order valence-electron chi connectivity index (χ4n) is 0.701. The minimum Gasteiger partial charge on any atom is -0.299 e.